The molecule has 0 radical (unpaired) electrons. The Hall–Kier alpha value is -0.570. The number of carbonyl (C=O) groups is 1. The molecule has 1 aliphatic rings. The first-order chi connectivity index (χ1) is 4.22. The van der Waals surface area contributed by atoms with Gasteiger partial charge in [0.2, 0.25) is 0 Å². The number of hydrogen-bond acceptors (Lipinski definition) is 2. The van der Waals surface area contributed by atoms with Gasteiger partial charge in [0.25, 0.3) is 0 Å². The summed E-state index contributed by atoms with van der Waals surface area (Å²) in [5.41, 5.74) is 0. The quantitative estimate of drug-likeness (QED) is 0.534. The van der Waals surface area contributed by atoms with Gasteiger partial charge in [-0.1, -0.05) is 0 Å². The van der Waals surface area contributed by atoms with Gasteiger partial charge in [0.15, 0.2) is 0 Å². The molecule has 3 nitrogen and oxygen atoms in total. The van der Waals surface area contributed by atoms with Gasteiger partial charge in [0, 0.05) is 0 Å². The molecule has 2 N–H and O–H groups in total. The number of aliphatic carboxylic acids is 1. The minimum atomic E-state index is -0.861. The monoisotopic (exact) mass is 130 g/mol. The van der Waals surface area contributed by atoms with Gasteiger partial charge in [-0.15, -0.1) is 0 Å². The van der Waals surface area contributed by atoms with Crippen molar-refractivity contribution in [2.75, 3.05) is 0 Å². The smallest absolute Gasteiger partial charge is 0.309 e. The van der Waals surface area contributed by atoms with Gasteiger partial charge in [0.1, 0.15) is 0 Å². The zero-order chi connectivity index (χ0) is 6.85. The van der Waals surface area contributed by atoms with Gasteiger partial charge in [-0.05, 0) is 19.3 Å². The first-order valence-corrected chi connectivity index (χ1v) is 3.12. The van der Waals surface area contributed by atoms with Crippen molar-refractivity contribution in [2.24, 2.45) is 5.92 Å². The van der Waals surface area contributed by atoms with Crippen LogP contribution in [0.25, 0.3) is 0 Å². The summed E-state index contributed by atoms with van der Waals surface area (Å²) >= 11 is 0. The van der Waals surface area contributed by atoms with Crippen LogP contribution in [-0.4, -0.2) is 22.3 Å². The maximum Gasteiger partial charge on any atom is 0.309 e. The molecule has 1 saturated carbocycles. The van der Waals surface area contributed by atoms with Gasteiger partial charge in [0.05, 0.1) is 12.0 Å². The van der Waals surface area contributed by atoms with E-state index in [4.69, 9.17) is 10.2 Å². The molecule has 0 amide bonds. The van der Waals surface area contributed by atoms with Gasteiger partial charge in [-0.2, -0.15) is 0 Å². The predicted molar refractivity (Wildman–Crippen MR) is 31.0 cm³/mol. The predicted octanol–water partition coefficient (Wildman–Crippen LogP) is 0.232. The normalized spacial score (nSPS) is 34.8. The average Bonchev–Trinajstić information content (AvgIpc) is 2.13. The first-order valence-electron chi connectivity index (χ1n) is 3.12. The highest BCUT2D eigenvalue weighted by molar-refractivity contribution is 5.71. The van der Waals surface area contributed by atoms with Crippen molar-refractivity contribution >= 4 is 5.97 Å². The molecule has 1 rings (SSSR count). The lowest BCUT2D eigenvalue weighted by Gasteiger charge is -2.06. The second kappa shape index (κ2) is 2.35. The van der Waals surface area contributed by atoms with Gasteiger partial charge < -0.3 is 10.2 Å². The van der Waals surface area contributed by atoms with Crippen LogP contribution in [0.4, 0.5) is 0 Å². The number of aliphatic hydroxyl groups is 1. The molecule has 2 atom stereocenters. The lowest BCUT2D eigenvalue weighted by Crippen LogP contribution is -2.21. The van der Waals surface area contributed by atoms with Gasteiger partial charge in [-0.3, -0.25) is 4.79 Å². The summed E-state index contributed by atoms with van der Waals surface area (Å²) in [6.07, 6.45) is 1.54. The molecule has 0 aromatic rings. The molecular formula is C6H10O3. The van der Waals surface area contributed by atoms with E-state index in [1.165, 1.54) is 0 Å². The van der Waals surface area contributed by atoms with Crippen LogP contribution >= 0.6 is 0 Å². The zero-order valence-electron chi connectivity index (χ0n) is 5.08. The number of rotatable bonds is 1. The van der Waals surface area contributed by atoms with Gasteiger partial charge >= 0.3 is 5.97 Å². The van der Waals surface area contributed by atoms with E-state index in [9.17, 15) is 4.79 Å². The van der Waals surface area contributed by atoms with E-state index in [2.05, 4.69) is 0 Å². The Balaban J connectivity index is 2.49. The fourth-order valence-electron chi connectivity index (χ4n) is 1.23. The van der Waals surface area contributed by atoms with E-state index in [1.807, 2.05) is 0 Å². The molecule has 9 heavy (non-hydrogen) atoms. The average molecular weight is 130 g/mol. The molecular weight excluding hydrogens is 120 g/mol. The van der Waals surface area contributed by atoms with Crippen molar-refractivity contribution < 1.29 is 15.0 Å². The lowest BCUT2D eigenvalue weighted by atomic mass is 10.1. The molecule has 0 saturated heterocycles. The number of aliphatic hydroxyl groups excluding tert-OH is 1. The highest BCUT2D eigenvalue weighted by atomic mass is 16.4. The maximum absolute atomic E-state index is 10.3. The van der Waals surface area contributed by atoms with E-state index in [-0.39, 0.29) is 0 Å². The summed E-state index contributed by atoms with van der Waals surface area (Å²) < 4.78 is 0. The third-order valence-corrected chi connectivity index (χ3v) is 1.80. The van der Waals surface area contributed by atoms with Gasteiger partial charge in [-0.25, -0.2) is 0 Å². The molecule has 0 unspecified atom stereocenters. The molecule has 1 aliphatic carbocycles. The first kappa shape index (κ1) is 6.55. The molecule has 0 bridgehead atoms. The van der Waals surface area contributed by atoms with E-state index in [1.54, 1.807) is 0 Å². The standard InChI is InChI=1S/C6H10O3/c7-5-3-1-2-4(5)6(8)9/h4-5,7H,1-3H2,(H,8,9)/t4-,5+/m1/s1. The Bertz CT molecular complexity index is 121. The van der Waals surface area contributed by atoms with Crippen molar-refractivity contribution in [3.8, 4) is 0 Å². The van der Waals surface area contributed by atoms with Crippen molar-refractivity contribution in [3.05, 3.63) is 0 Å². The second-order valence-electron chi connectivity index (χ2n) is 2.44. The van der Waals surface area contributed by atoms with Crippen molar-refractivity contribution in [3.63, 3.8) is 0 Å². The van der Waals surface area contributed by atoms with Crippen LogP contribution in [0.5, 0.6) is 0 Å². The molecule has 1 fully saturated rings. The Morgan fingerprint density at radius 1 is 1.44 bits per heavy atom. The van der Waals surface area contributed by atoms with Crippen molar-refractivity contribution in [1.29, 1.82) is 0 Å². The van der Waals surface area contributed by atoms with Crippen LogP contribution in [0.1, 0.15) is 19.3 Å². The Morgan fingerprint density at radius 2 is 2.11 bits per heavy atom. The summed E-state index contributed by atoms with van der Waals surface area (Å²) in [5, 5.41) is 17.4. The van der Waals surface area contributed by atoms with Crippen LogP contribution in [0, 0.1) is 5.92 Å². The zero-order valence-corrected chi connectivity index (χ0v) is 5.08. The fraction of sp³-hybridized carbons (Fsp3) is 0.833. The van der Waals surface area contributed by atoms with Crippen molar-refractivity contribution in [1.82, 2.24) is 0 Å². The summed E-state index contributed by atoms with van der Waals surface area (Å²) in [5.74, 6) is -1.36. The number of carboxylic acids is 1. The minimum Gasteiger partial charge on any atom is -0.481 e. The molecule has 0 aliphatic heterocycles. The number of hydrogen-bond donors (Lipinski definition) is 2. The Kier molecular flexibility index (Phi) is 1.71. The molecule has 0 aromatic carbocycles. The fourth-order valence-corrected chi connectivity index (χ4v) is 1.23. The third-order valence-electron chi connectivity index (χ3n) is 1.80. The van der Waals surface area contributed by atoms with E-state index in [0.717, 1.165) is 6.42 Å². The van der Waals surface area contributed by atoms with Crippen LogP contribution in [0.15, 0.2) is 0 Å². The summed E-state index contributed by atoms with van der Waals surface area (Å²) in [6, 6.07) is 0. The Morgan fingerprint density at radius 3 is 2.33 bits per heavy atom. The third kappa shape index (κ3) is 1.21. The van der Waals surface area contributed by atoms with E-state index >= 15 is 0 Å². The molecule has 0 aromatic heterocycles. The van der Waals surface area contributed by atoms with Crippen LogP contribution in [0.2, 0.25) is 0 Å². The van der Waals surface area contributed by atoms with E-state index < -0.39 is 18.0 Å². The second-order valence-corrected chi connectivity index (χ2v) is 2.44. The van der Waals surface area contributed by atoms with Crippen molar-refractivity contribution in [2.45, 2.75) is 25.4 Å². The maximum atomic E-state index is 10.3. The van der Waals surface area contributed by atoms with Crippen LogP contribution in [0.3, 0.4) is 0 Å². The SMILES string of the molecule is O=C(O)[C@@H]1CCC[C@@H]1O. The Labute approximate surface area is 53.3 Å². The summed E-state index contributed by atoms with van der Waals surface area (Å²) in [4.78, 5) is 10.3. The van der Waals surface area contributed by atoms with Crippen LogP contribution < -0.4 is 0 Å². The summed E-state index contributed by atoms with van der Waals surface area (Å²) in [6.45, 7) is 0. The lowest BCUT2D eigenvalue weighted by molar-refractivity contribution is -0.144. The van der Waals surface area contributed by atoms with E-state index in [0.29, 0.717) is 12.8 Å². The molecule has 0 spiro atoms. The molecule has 0 heterocycles. The molecule has 3 heteroatoms. The van der Waals surface area contributed by atoms with Crippen LogP contribution in [-0.2, 0) is 4.79 Å². The largest absolute Gasteiger partial charge is 0.481 e. The highest BCUT2D eigenvalue weighted by Crippen LogP contribution is 2.25. The molecule has 52 valence electrons. The summed E-state index contributed by atoms with van der Waals surface area (Å²) in [7, 11) is 0. The topological polar surface area (TPSA) is 57.5 Å². The highest BCUT2D eigenvalue weighted by Gasteiger charge is 2.30. The number of carboxylic acid groups (broad SMARTS) is 1. The minimum absolute atomic E-state index is 0.495.